The van der Waals surface area contributed by atoms with Crippen molar-refractivity contribution < 1.29 is 32.3 Å². The first-order valence-electron chi connectivity index (χ1n) is 15.3. The Morgan fingerprint density at radius 3 is 2.64 bits per heavy atom. The molecule has 12 heteroatoms. The summed E-state index contributed by atoms with van der Waals surface area (Å²) in [5.74, 6) is -0.474. The van der Waals surface area contributed by atoms with E-state index in [1.165, 1.54) is 22.5 Å². The van der Waals surface area contributed by atoms with Crippen LogP contribution in [0.15, 0.2) is 48.5 Å². The minimum atomic E-state index is -4.07. The van der Waals surface area contributed by atoms with Crippen LogP contribution in [0.4, 0.5) is 0 Å². The molecule has 11 nitrogen and oxygen atoms in total. The lowest BCUT2D eigenvalue weighted by molar-refractivity contribution is -0.143. The molecule has 0 spiro atoms. The first kappa shape index (κ1) is 32.4. The molecule has 5 rings (SSSR count). The Labute approximate surface area is 263 Å². The Balaban J connectivity index is 1.46. The Morgan fingerprint density at radius 2 is 1.87 bits per heavy atom. The van der Waals surface area contributed by atoms with E-state index in [2.05, 4.69) is 10.3 Å². The van der Waals surface area contributed by atoms with Crippen LogP contribution in [0, 0.1) is 13.8 Å². The van der Waals surface area contributed by atoms with E-state index in [9.17, 15) is 18.3 Å². The number of phenols is 1. The van der Waals surface area contributed by atoms with Gasteiger partial charge in [-0.3, -0.25) is 4.79 Å². The fourth-order valence-corrected chi connectivity index (χ4v) is 6.95. The van der Waals surface area contributed by atoms with Crippen LogP contribution in [-0.4, -0.2) is 57.1 Å². The number of phenolic OH excluding ortho intramolecular Hbond substituents is 1. The molecule has 3 aromatic carbocycles. The number of nitrogens with zero attached hydrogens (tertiary/aromatic N) is 4. The highest BCUT2D eigenvalue weighted by Gasteiger charge is 2.32. The smallest absolute Gasteiger partial charge is 0.385 e. The molecule has 0 fully saturated rings. The molecule has 45 heavy (non-hydrogen) atoms. The molecule has 1 unspecified atom stereocenters. The summed E-state index contributed by atoms with van der Waals surface area (Å²) < 4.78 is 39.9. The maximum Gasteiger partial charge on any atom is 0.385 e. The molecule has 0 amide bonds. The summed E-state index contributed by atoms with van der Waals surface area (Å²) in [5.41, 5.74) is 6.58. The van der Waals surface area contributed by atoms with Crippen LogP contribution in [0.2, 0.25) is 0 Å². The van der Waals surface area contributed by atoms with E-state index >= 15 is 0 Å². The summed E-state index contributed by atoms with van der Waals surface area (Å²) in [7, 11) is -4.07. The average molecular weight is 637 g/mol. The number of aryl methyl sites for hydroxylation is 3. The van der Waals surface area contributed by atoms with E-state index in [1.54, 1.807) is 6.92 Å². The van der Waals surface area contributed by atoms with Crippen molar-refractivity contribution in [3.8, 4) is 11.5 Å². The molecule has 4 aromatic rings. The second-order valence-electron chi connectivity index (χ2n) is 11.4. The quantitative estimate of drug-likeness (QED) is 0.153. The maximum atomic E-state index is 13.0. The molecule has 1 aliphatic heterocycles. The van der Waals surface area contributed by atoms with Crippen molar-refractivity contribution in [3.05, 3.63) is 81.9 Å². The van der Waals surface area contributed by atoms with Crippen molar-refractivity contribution in [3.63, 3.8) is 0 Å². The Morgan fingerprint density at radius 1 is 1.07 bits per heavy atom. The highest BCUT2D eigenvalue weighted by molar-refractivity contribution is 7.84. The molecule has 0 bridgehead atoms. The predicted octanol–water partition coefficient (Wildman–Crippen LogP) is 5.03. The SMILES string of the molecule is CCOC(=O)CC(c1ccc(C)c(CN2Cc3cc(O)ccc3OS2(=O)=O)c1)c1ccc2c(nnn2CCCCCCO)c1C. The first-order valence-corrected chi connectivity index (χ1v) is 16.7. The van der Waals surface area contributed by atoms with Gasteiger partial charge in [0.25, 0.3) is 0 Å². The number of aromatic nitrogens is 3. The molecule has 0 saturated heterocycles. The molecule has 2 heterocycles. The minimum Gasteiger partial charge on any atom is -0.508 e. The van der Waals surface area contributed by atoms with Gasteiger partial charge in [0.05, 0.1) is 18.5 Å². The second-order valence-corrected chi connectivity index (χ2v) is 13.0. The number of hydrogen-bond acceptors (Lipinski definition) is 9. The minimum absolute atomic E-state index is 0.0296. The normalized spacial score (nSPS) is 15.0. The van der Waals surface area contributed by atoms with Gasteiger partial charge in [-0.05, 0) is 85.7 Å². The standard InChI is InChI=1S/C33H40N4O7S/c1-4-43-32(40)19-29(28-12-13-30-33(23(28)3)34-35-37(30)15-7-5-6-8-16-38)24-10-9-22(2)25(17-24)20-36-21-26-18-27(39)11-14-31(26)44-45(36,41)42/h9-14,17-18,29,38-39H,4-8,15-16,19-21H2,1-3H3. The zero-order valence-corrected chi connectivity index (χ0v) is 26.7. The van der Waals surface area contributed by atoms with Gasteiger partial charge in [0, 0.05) is 37.7 Å². The number of ether oxygens (including phenoxy) is 1. The number of aromatic hydroxyl groups is 1. The molecule has 1 aromatic heterocycles. The van der Waals surface area contributed by atoms with E-state index in [4.69, 9.17) is 14.0 Å². The fraction of sp³-hybridized carbons (Fsp3) is 0.424. The van der Waals surface area contributed by atoms with Gasteiger partial charge in [0.2, 0.25) is 0 Å². The van der Waals surface area contributed by atoms with E-state index in [-0.39, 0.29) is 56.1 Å². The fourth-order valence-electron chi connectivity index (χ4n) is 5.86. The van der Waals surface area contributed by atoms with Crippen molar-refractivity contribution in [1.29, 1.82) is 0 Å². The number of benzene rings is 3. The van der Waals surface area contributed by atoms with Gasteiger partial charge in [0.15, 0.2) is 0 Å². The van der Waals surface area contributed by atoms with Gasteiger partial charge in [-0.15, -0.1) is 5.10 Å². The summed E-state index contributed by atoms with van der Waals surface area (Å²) in [5, 5.41) is 27.8. The van der Waals surface area contributed by atoms with Crippen LogP contribution in [0.1, 0.15) is 78.3 Å². The lowest BCUT2D eigenvalue weighted by Crippen LogP contribution is -2.37. The number of fused-ring (bicyclic) bond motifs is 2. The lowest BCUT2D eigenvalue weighted by atomic mass is 9.84. The Bertz CT molecular complexity index is 1790. The van der Waals surface area contributed by atoms with Gasteiger partial charge in [0.1, 0.15) is 17.0 Å². The molecule has 0 radical (unpaired) electrons. The van der Waals surface area contributed by atoms with E-state index < -0.39 is 10.3 Å². The maximum absolute atomic E-state index is 13.0. The molecule has 240 valence electrons. The summed E-state index contributed by atoms with van der Waals surface area (Å²) in [6.07, 6.45) is 3.79. The van der Waals surface area contributed by atoms with Crippen LogP contribution in [0.5, 0.6) is 11.5 Å². The summed E-state index contributed by atoms with van der Waals surface area (Å²) >= 11 is 0. The van der Waals surface area contributed by atoms with Gasteiger partial charge in [-0.2, -0.15) is 12.7 Å². The van der Waals surface area contributed by atoms with Gasteiger partial charge >= 0.3 is 16.3 Å². The lowest BCUT2D eigenvalue weighted by Gasteiger charge is -2.28. The molecule has 0 saturated carbocycles. The molecule has 1 atom stereocenters. The third-order valence-electron chi connectivity index (χ3n) is 8.34. The molecular weight excluding hydrogens is 596 g/mol. The van der Waals surface area contributed by atoms with Gasteiger partial charge < -0.3 is 19.1 Å². The van der Waals surface area contributed by atoms with Crippen molar-refractivity contribution in [1.82, 2.24) is 19.3 Å². The number of esters is 1. The van der Waals surface area contributed by atoms with Crippen molar-refractivity contribution in [2.45, 2.75) is 78.4 Å². The summed E-state index contributed by atoms with van der Waals surface area (Å²) in [6, 6.07) is 14.2. The van der Waals surface area contributed by atoms with E-state index in [0.717, 1.165) is 71.1 Å². The van der Waals surface area contributed by atoms with Gasteiger partial charge in [-0.25, -0.2) is 4.68 Å². The van der Waals surface area contributed by atoms with Crippen LogP contribution >= 0.6 is 0 Å². The number of carbonyl (C=O) groups is 1. The first-order chi connectivity index (χ1) is 21.6. The Kier molecular flexibility index (Phi) is 10.1. The van der Waals surface area contributed by atoms with Crippen molar-refractivity contribution >= 4 is 27.3 Å². The number of rotatable bonds is 13. The van der Waals surface area contributed by atoms with Crippen molar-refractivity contribution in [2.24, 2.45) is 0 Å². The molecule has 1 aliphatic rings. The van der Waals surface area contributed by atoms with Crippen LogP contribution in [0.25, 0.3) is 11.0 Å². The Hall–Kier alpha value is -4.00. The summed E-state index contributed by atoms with van der Waals surface area (Å²) in [6.45, 7) is 6.96. The van der Waals surface area contributed by atoms with E-state index in [0.29, 0.717) is 5.56 Å². The average Bonchev–Trinajstić information content (AvgIpc) is 3.42. The summed E-state index contributed by atoms with van der Waals surface area (Å²) in [4.78, 5) is 12.9. The third kappa shape index (κ3) is 7.29. The molecule has 0 aliphatic carbocycles. The highest BCUT2D eigenvalue weighted by Crippen LogP contribution is 2.36. The number of unbranched alkanes of at least 4 members (excludes halogenated alkanes) is 3. The predicted molar refractivity (Wildman–Crippen MR) is 169 cm³/mol. The van der Waals surface area contributed by atoms with Gasteiger partial charge in [-0.1, -0.05) is 42.3 Å². The van der Waals surface area contributed by atoms with E-state index in [1.807, 2.05) is 48.9 Å². The second kappa shape index (κ2) is 14.0. The largest absolute Gasteiger partial charge is 0.508 e. The highest BCUT2D eigenvalue weighted by atomic mass is 32.2. The monoisotopic (exact) mass is 636 g/mol. The zero-order valence-electron chi connectivity index (χ0n) is 25.9. The zero-order chi connectivity index (χ0) is 32.1. The number of hydrogen-bond donors (Lipinski definition) is 2. The topological polar surface area (TPSA) is 144 Å². The number of aliphatic hydroxyl groups excluding tert-OH is 1. The molecule has 2 N–H and O–H groups in total. The third-order valence-corrected chi connectivity index (χ3v) is 9.62. The molecular formula is C33H40N4O7S. The van der Waals surface area contributed by atoms with Crippen LogP contribution < -0.4 is 4.18 Å². The van der Waals surface area contributed by atoms with Crippen molar-refractivity contribution in [2.75, 3.05) is 13.2 Å². The van der Waals surface area contributed by atoms with Crippen LogP contribution in [0.3, 0.4) is 0 Å². The number of carbonyl (C=O) groups excluding carboxylic acids is 1. The van der Waals surface area contributed by atoms with Crippen LogP contribution in [-0.2, 0) is 39.5 Å². The number of aliphatic hydroxyl groups is 1.